The van der Waals surface area contributed by atoms with Gasteiger partial charge in [-0.15, -0.1) is 11.3 Å². The molecular weight excluding hydrogens is 306 g/mol. The van der Waals surface area contributed by atoms with Gasteiger partial charge in [-0.2, -0.15) is 0 Å². The predicted octanol–water partition coefficient (Wildman–Crippen LogP) is 4.20. The van der Waals surface area contributed by atoms with Gasteiger partial charge in [0.2, 0.25) is 0 Å². The van der Waals surface area contributed by atoms with Gasteiger partial charge in [-0.25, -0.2) is 23.7 Å². The minimum atomic E-state index is -2.70. The van der Waals surface area contributed by atoms with Crippen molar-refractivity contribution in [2.24, 2.45) is 0 Å². The molecule has 3 rings (SSSR count). The molecule has 0 aliphatic rings. The maximum absolute atomic E-state index is 12.9. The van der Waals surface area contributed by atoms with Crippen LogP contribution in [0.3, 0.4) is 0 Å². The summed E-state index contributed by atoms with van der Waals surface area (Å²) in [6.07, 6.45) is 0.0743. The summed E-state index contributed by atoms with van der Waals surface area (Å²) in [5.74, 6) is -0.0521. The lowest BCUT2D eigenvalue weighted by molar-refractivity contribution is 0.141. The number of halogens is 2. The summed E-state index contributed by atoms with van der Waals surface area (Å²) in [6.45, 7) is 2.52. The Morgan fingerprint density at radius 3 is 2.77 bits per heavy atom. The van der Waals surface area contributed by atoms with Gasteiger partial charge in [-0.3, -0.25) is 0 Å². The number of aryl methyl sites for hydroxylation is 1. The zero-order chi connectivity index (χ0) is 15.5. The second-order valence-electron chi connectivity index (χ2n) is 4.68. The molecule has 0 unspecified atom stereocenters. The first-order chi connectivity index (χ1) is 10.7. The van der Waals surface area contributed by atoms with Gasteiger partial charge in [0.1, 0.15) is 10.8 Å². The fraction of sp³-hybridized carbons (Fsp3) is 0.267. The first-order valence-electron chi connectivity index (χ1n) is 6.89. The minimum Gasteiger partial charge on any atom is -0.363 e. The first-order valence-corrected chi connectivity index (χ1v) is 7.71. The van der Waals surface area contributed by atoms with Crippen molar-refractivity contribution in [3.8, 4) is 0 Å². The number of hydrogen-bond donors (Lipinski definition) is 1. The van der Waals surface area contributed by atoms with Crippen LogP contribution in [0.25, 0.3) is 10.9 Å². The Morgan fingerprint density at radius 2 is 2.05 bits per heavy atom. The van der Waals surface area contributed by atoms with Crippen molar-refractivity contribution >= 4 is 28.1 Å². The molecule has 2 aromatic heterocycles. The summed E-state index contributed by atoms with van der Waals surface area (Å²) in [6, 6.07) is 7.11. The lowest BCUT2D eigenvalue weighted by Crippen LogP contribution is -2.05. The number of anilines is 1. The second-order valence-corrected chi connectivity index (χ2v) is 5.88. The van der Waals surface area contributed by atoms with Crippen molar-refractivity contribution in [2.75, 3.05) is 5.32 Å². The maximum atomic E-state index is 12.9. The molecule has 0 amide bonds. The Kier molecular flexibility index (Phi) is 4.24. The first kappa shape index (κ1) is 14.8. The van der Waals surface area contributed by atoms with Gasteiger partial charge in [0.15, 0.2) is 5.82 Å². The molecule has 2 heterocycles. The molecule has 0 saturated carbocycles. The molecule has 1 N–H and O–H groups in total. The lowest BCUT2D eigenvalue weighted by atomic mass is 10.2. The Hall–Kier alpha value is -2.15. The van der Waals surface area contributed by atoms with E-state index in [1.807, 2.05) is 18.3 Å². The highest BCUT2D eigenvalue weighted by atomic mass is 32.1. The van der Waals surface area contributed by atoms with Crippen molar-refractivity contribution in [3.63, 3.8) is 0 Å². The predicted molar refractivity (Wildman–Crippen MR) is 83.3 cm³/mol. The fourth-order valence-electron chi connectivity index (χ4n) is 2.08. The number of para-hydroxylation sites is 1. The average molecular weight is 320 g/mol. The van der Waals surface area contributed by atoms with Crippen LogP contribution in [0.2, 0.25) is 0 Å². The van der Waals surface area contributed by atoms with E-state index in [0.717, 1.165) is 16.8 Å². The highest BCUT2D eigenvalue weighted by molar-refractivity contribution is 7.11. The van der Waals surface area contributed by atoms with Crippen LogP contribution >= 0.6 is 11.3 Å². The van der Waals surface area contributed by atoms with Gasteiger partial charge in [0, 0.05) is 16.5 Å². The zero-order valence-electron chi connectivity index (χ0n) is 11.9. The Bertz CT molecular complexity index is 788. The smallest absolute Gasteiger partial charge is 0.297 e. The van der Waals surface area contributed by atoms with Crippen LogP contribution in [0, 0.1) is 0 Å². The van der Waals surface area contributed by atoms with E-state index in [4.69, 9.17) is 0 Å². The maximum Gasteiger partial charge on any atom is 0.297 e. The molecule has 4 nitrogen and oxygen atoms in total. The largest absolute Gasteiger partial charge is 0.363 e. The molecule has 7 heteroatoms. The summed E-state index contributed by atoms with van der Waals surface area (Å²) < 4.78 is 25.8. The fourth-order valence-corrected chi connectivity index (χ4v) is 2.88. The molecular formula is C15H14F2N4S. The van der Waals surface area contributed by atoms with Crippen LogP contribution in [-0.2, 0) is 13.0 Å². The van der Waals surface area contributed by atoms with E-state index >= 15 is 0 Å². The quantitative estimate of drug-likeness (QED) is 0.765. The van der Waals surface area contributed by atoms with Crippen molar-refractivity contribution in [1.29, 1.82) is 0 Å². The topological polar surface area (TPSA) is 50.7 Å². The van der Waals surface area contributed by atoms with Crippen molar-refractivity contribution < 1.29 is 8.78 Å². The van der Waals surface area contributed by atoms with E-state index in [1.165, 1.54) is 4.88 Å². The van der Waals surface area contributed by atoms with Crippen LogP contribution in [0.4, 0.5) is 14.6 Å². The molecule has 0 radical (unpaired) electrons. The van der Waals surface area contributed by atoms with Gasteiger partial charge in [0.25, 0.3) is 6.43 Å². The van der Waals surface area contributed by atoms with Gasteiger partial charge in [-0.05, 0) is 18.6 Å². The third-order valence-electron chi connectivity index (χ3n) is 3.17. The number of benzene rings is 1. The third-order valence-corrected chi connectivity index (χ3v) is 4.31. The number of alkyl halides is 2. The molecule has 0 spiro atoms. The molecule has 22 heavy (non-hydrogen) atoms. The lowest BCUT2D eigenvalue weighted by Gasteiger charge is -2.09. The van der Waals surface area contributed by atoms with Crippen LogP contribution in [0.15, 0.2) is 30.5 Å². The third kappa shape index (κ3) is 3.04. The standard InChI is InChI=1S/C15H14F2N4S/c1-2-9-7-18-12(22-9)8-19-14-10-5-3-4-6-11(10)20-15(21-14)13(16)17/h3-7,13H,2,8H2,1H3,(H,19,20,21). The summed E-state index contributed by atoms with van der Waals surface area (Å²) in [5.41, 5.74) is 0.503. The van der Waals surface area contributed by atoms with Crippen LogP contribution in [0.5, 0.6) is 0 Å². The Labute approximate surface area is 130 Å². The van der Waals surface area contributed by atoms with E-state index in [1.54, 1.807) is 23.5 Å². The van der Waals surface area contributed by atoms with Crippen molar-refractivity contribution in [3.05, 3.63) is 46.2 Å². The molecule has 0 bridgehead atoms. The minimum absolute atomic E-state index is 0.411. The van der Waals surface area contributed by atoms with Gasteiger partial charge >= 0.3 is 0 Å². The van der Waals surface area contributed by atoms with Gasteiger partial charge < -0.3 is 5.32 Å². The number of nitrogens with zero attached hydrogens (tertiary/aromatic N) is 3. The number of thiazole rings is 1. The summed E-state index contributed by atoms with van der Waals surface area (Å²) in [7, 11) is 0. The molecule has 0 aliphatic carbocycles. The van der Waals surface area contributed by atoms with Crippen molar-refractivity contribution in [1.82, 2.24) is 15.0 Å². The van der Waals surface area contributed by atoms with E-state index in [0.29, 0.717) is 17.9 Å². The van der Waals surface area contributed by atoms with E-state index < -0.39 is 12.2 Å². The molecule has 114 valence electrons. The Morgan fingerprint density at radius 1 is 1.23 bits per heavy atom. The Balaban J connectivity index is 1.91. The van der Waals surface area contributed by atoms with E-state index in [2.05, 4.69) is 27.2 Å². The summed E-state index contributed by atoms with van der Waals surface area (Å²) in [5, 5.41) is 4.72. The molecule has 0 aliphatic heterocycles. The monoisotopic (exact) mass is 320 g/mol. The van der Waals surface area contributed by atoms with Crippen LogP contribution in [-0.4, -0.2) is 15.0 Å². The van der Waals surface area contributed by atoms with Crippen LogP contribution < -0.4 is 5.32 Å². The highest BCUT2D eigenvalue weighted by Crippen LogP contribution is 2.25. The van der Waals surface area contributed by atoms with Gasteiger partial charge in [0.05, 0.1) is 12.1 Å². The highest BCUT2D eigenvalue weighted by Gasteiger charge is 2.15. The number of hydrogen-bond acceptors (Lipinski definition) is 5. The molecule has 1 aromatic carbocycles. The van der Waals surface area contributed by atoms with E-state index in [9.17, 15) is 8.78 Å². The number of aromatic nitrogens is 3. The van der Waals surface area contributed by atoms with E-state index in [-0.39, 0.29) is 0 Å². The summed E-state index contributed by atoms with van der Waals surface area (Å²) >= 11 is 1.60. The molecule has 0 atom stereocenters. The summed E-state index contributed by atoms with van der Waals surface area (Å²) in [4.78, 5) is 13.3. The SMILES string of the molecule is CCc1cnc(CNc2nc(C(F)F)nc3ccccc23)s1. The van der Waals surface area contributed by atoms with Crippen molar-refractivity contribution in [2.45, 2.75) is 26.3 Å². The zero-order valence-corrected chi connectivity index (χ0v) is 12.7. The second kappa shape index (κ2) is 6.31. The molecule has 0 saturated heterocycles. The number of fused-ring (bicyclic) bond motifs is 1. The normalized spacial score (nSPS) is 11.3. The molecule has 3 aromatic rings. The number of nitrogens with one attached hydrogen (secondary N) is 1. The average Bonchev–Trinajstić information content (AvgIpc) is 3.00. The molecule has 0 fully saturated rings. The number of rotatable bonds is 5. The van der Waals surface area contributed by atoms with Crippen LogP contribution in [0.1, 0.15) is 29.1 Å². The van der Waals surface area contributed by atoms with Gasteiger partial charge in [-0.1, -0.05) is 19.1 Å².